The van der Waals surface area contributed by atoms with Gasteiger partial charge < -0.3 is 9.64 Å². The first kappa shape index (κ1) is 19.7. The zero-order valence-electron chi connectivity index (χ0n) is 16.8. The van der Waals surface area contributed by atoms with Crippen LogP contribution in [-0.2, 0) is 6.42 Å². The van der Waals surface area contributed by atoms with Crippen LogP contribution < -0.4 is 9.64 Å². The molecule has 2 unspecified atom stereocenters. The van der Waals surface area contributed by atoms with Crippen molar-refractivity contribution in [2.75, 3.05) is 18.1 Å². The topological polar surface area (TPSA) is 64.0 Å². The molecule has 1 aliphatic heterocycles. The number of rotatable bonds is 5. The highest BCUT2D eigenvalue weighted by Gasteiger charge is 2.57. The third kappa shape index (κ3) is 3.92. The number of hydrogen-bond acceptors (Lipinski definition) is 6. The highest BCUT2D eigenvalue weighted by Crippen LogP contribution is 2.48. The van der Waals surface area contributed by atoms with E-state index in [0.717, 1.165) is 11.3 Å². The lowest BCUT2D eigenvalue weighted by molar-refractivity contribution is 0.0856. The molecule has 0 radical (unpaired) electrons. The van der Waals surface area contributed by atoms with Crippen molar-refractivity contribution in [1.82, 2.24) is 19.9 Å². The molecule has 3 aromatic rings. The molecule has 3 heterocycles. The smallest absolute Gasteiger partial charge is 0.255 e. The molecule has 160 valence electrons. The highest BCUT2D eigenvalue weighted by atomic mass is 19.3. The highest BCUT2D eigenvalue weighted by molar-refractivity contribution is 5.55. The van der Waals surface area contributed by atoms with Gasteiger partial charge in [0.05, 0.1) is 24.3 Å². The molecule has 0 amide bonds. The number of alkyl halides is 2. The van der Waals surface area contributed by atoms with E-state index < -0.39 is 17.7 Å². The quantitative estimate of drug-likeness (QED) is 0.607. The Bertz CT molecular complexity index is 1110. The van der Waals surface area contributed by atoms with Crippen molar-refractivity contribution < 1.29 is 17.9 Å². The van der Waals surface area contributed by atoms with Crippen LogP contribution in [0.5, 0.6) is 5.75 Å². The Balaban J connectivity index is 1.36. The fraction of sp³-hybridized carbons (Fsp3) is 0.364. The molecule has 2 atom stereocenters. The lowest BCUT2D eigenvalue weighted by Crippen LogP contribution is -2.34. The van der Waals surface area contributed by atoms with Gasteiger partial charge in [-0.15, -0.1) is 0 Å². The predicted molar refractivity (Wildman–Crippen MR) is 107 cm³/mol. The summed E-state index contributed by atoms with van der Waals surface area (Å²) in [5.74, 6) is -2.73. The first-order chi connectivity index (χ1) is 14.9. The molecular formula is C22H20F3N5O. The number of nitrogens with zero attached hydrogens (tertiary/aromatic N) is 5. The van der Waals surface area contributed by atoms with Crippen molar-refractivity contribution in [2.24, 2.45) is 5.92 Å². The SMILES string of the molecule is CC1c2cnc(-c3ncccn3)nc2CCN1c1cc(F)cc(OCC2CC2(F)F)c1. The van der Waals surface area contributed by atoms with E-state index in [2.05, 4.69) is 19.9 Å². The Hall–Kier alpha value is -3.23. The van der Waals surface area contributed by atoms with Gasteiger partial charge in [0.15, 0.2) is 11.6 Å². The zero-order valence-corrected chi connectivity index (χ0v) is 16.8. The van der Waals surface area contributed by atoms with Gasteiger partial charge in [-0.2, -0.15) is 0 Å². The molecule has 1 fully saturated rings. The first-order valence-electron chi connectivity index (χ1n) is 10.1. The minimum Gasteiger partial charge on any atom is -0.493 e. The summed E-state index contributed by atoms with van der Waals surface area (Å²) in [5, 5.41) is 0. The molecule has 0 spiro atoms. The molecule has 31 heavy (non-hydrogen) atoms. The maximum absolute atomic E-state index is 14.2. The minimum atomic E-state index is -2.66. The van der Waals surface area contributed by atoms with E-state index in [9.17, 15) is 13.2 Å². The standard InChI is InChI=1S/C22H20F3N5O/c1-13-18-11-28-21(20-26-4-2-5-27-20)29-19(18)3-6-30(13)16-7-15(23)8-17(9-16)31-12-14-10-22(14,24)25/h2,4-5,7-9,11,13-14H,3,6,10,12H2,1H3. The Morgan fingerprint density at radius 3 is 2.65 bits per heavy atom. The second kappa shape index (κ2) is 7.47. The van der Waals surface area contributed by atoms with E-state index in [1.165, 1.54) is 12.1 Å². The first-order valence-corrected chi connectivity index (χ1v) is 10.1. The number of anilines is 1. The summed E-state index contributed by atoms with van der Waals surface area (Å²) in [5.41, 5.74) is 2.48. The number of aromatic nitrogens is 4. The molecular weight excluding hydrogens is 407 g/mol. The summed E-state index contributed by atoms with van der Waals surface area (Å²) in [6.07, 6.45) is 5.51. The second-order valence-electron chi connectivity index (χ2n) is 7.91. The van der Waals surface area contributed by atoms with Crippen molar-refractivity contribution in [3.05, 3.63) is 59.9 Å². The Labute approximate surface area is 177 Å². The summed E-state index contributed by atoms with van der Waals surface area (Å²) in [7, 11) is 0. The predicted octanol–water partition coefficient (Wildman–Crippen LogP) is 4.23. The van der Waals surface area contributed by atoms with E-state index in [1.54, 1.807) is 30.7 Å². The fourth-order valence-electron chi connectivity index (χ4n) is 3.88. The summed E-state index contributed by atoms with van der Waals surface area (Å²) in [6.45, 7) is 2.49. The van der Waals surface area contributed by atoms with Crippen molar-refractivity contribution in [3.63, 3.8) is 0 Å². The van der Waals surface area contributed by atoms with Crippen molar-refractivity contribution in [3.8, 4) is 17.4 Å². The van der Waals surface area contributed by atoms with E-state index >= 15 is 0 Å². The summed E-state index contributed by atoms with van der Waals surface area (Å²) in [4.78, 5) is 19.5. The molecule has 2 aliphatic rings. The van der Waals surface area contributed by atoms with E-state index in [0.29, 0.717) is 30.3 Å². The molecule has 0 saturated heterocycles. The van der Waals surface area contributed by atoms with Crippen LogP contribution in [0, 0.1) is 11.7 Å². The summed E-state index contributed by atoms with van der Waals surface area (Å²) < 4.78 is 45.9. The molecule has 0 N–H and O–H groups in total. The van der Waals surface area contributed by atoms with Gasteiger partial charge in [-0.25, -0.2) is 33.1 Å². The second-order valence-corrected chi connectivity index (χ2v) is 7.91. The van der Waals surface area contributed by atoms with Crippen LogP contribution in [0.2, 0.25) is 0 Å². The number of fused-ring (bicyclic) bond motifs is 1. The van der Waals surface area contributed by atoms with Gasteiger partial charge in [0.25, 0.3) is 5.92 Å². The fourth-order valence-corrected chi connectivity index (χ4v) is 3.88. The molecule has 5 rings (SSSR count). The van der Waals surface area contributed by atoms with E-state index in [1.807, 2.05) is 11.8 Å². The molecule has 1 saturated carbocycles. The maximum Gasteiger partial charge on any atom is 0.255 e. The van der Waals surface area contributed by atoms with Gasteiger partial charge in [-0.3, -0.25) is 0 Å². The average molecular weight is 427 g/mol. The van der Waals surface area contributed by atoms with Crippen LogP contribution >= 0.6 is 0 Å². The number of benzene rings is 1. The Kier molecular flexibility index (Phi) is 4.75. The van der Waals surface area contributed by atoms with Crippen molar-refractivity contribution in [2.45, 2.75) is 31.7 Å². The van der Waals surface area contributed by atoms with Crippen molar-refractivity contribution >= 4 is 5.69 Å². The molecule has 0 bridgehead atoms. The molecule has 6 nitrogen and oxygen atoms in total. The van der Waals surface area contributed by atoms with Crippen LogP contribution in [0.1, 0.15) is 30.6 Å². The van der Waals surface area contributed by atoms with E-state index in [-0.39, 0.29) is 24.8 Å². The maximum atomic E-state index is 14.2. The molecule has 2 aromatic heterocycles. The third-order valence-corrected chi connectivity index (χ3v) is 5.77. The normalized spacial score (nSPS) is 21.5. The zero-order chi connectivity index (χ0) is 21.6. The van der Waals surface area contributed by atoms with Gasteiger partial charge in [0.1, 0.15) is 11.6 Å². The number of halogens is 3. The third-order valence-electron chi connectivity index (χ3n) is 5.77. The lowest BCUT2D eigenvalue weighted by atomic mass is 9.98. The minimum absolute atomic E-state index is 0.100. The van der Waals surface area contributed by atoms with Gasteiger partial charge in [0.2, 0.25) is 0 Å². The lowest BCUT2D eigenvalue weighted by Gasteiger charge is -2.36. The van der Waals surface area contributed by atoms with Gasteiger partial charge in [-0.05, 0) is 19.1 Å². The summed E-state index contributed by atoms with van der Waals surface area (Å²) in [6, 6.07) is 5.97. The summed E-state index contributed by atoms with van der Waals surface area (Å²) >= 11 is 0. The molecule has 9 heteroatoms. The average Bonchev–Trinajstić information content (AvgIpc) is 3.39. The van der Waals surface area contributed by atoms with Crippen molar-refractivity contribution in [1.29, 1.82) is 0 Å². The van der Waals surface area contributed by atoms with E-state index in [4.69, 9.17) is 4.74 Å². The largest absolute Gasteiger partial charge is 0.493 e. The number of hydrogen-bond donors (Lipinski definition) is 0. The van der Waals surface area contributed by atoms with Crippen LogP contribution in [0.15, 0.2) is 42.9 Å². The number of ether oxygens (including phenoxy) is 1. The monoisotopic (exact) mass is 427 g/mol. The Morgan fingerprint density at radius 1 is 1.13 bits per heavy atom. The van der Waals surface area contributed by atoms with Gasteiger partial charge in [-0.1, -0.05) is 0 Å². The van der Waals surface area contributed by atoms with Crippen LogP contribution in [-0.4, -0.2) is 39.0 Å². The Morgan fingerprint density at radius 2 is 1.90 bits per heavy atom. The van der Waals surface area contributed by atoms with Gasteiger partial charge >= 0.3 is 0 Å². The molecule has 1 aliphatic carbocycles. The van der Waals surface area contributed by atoms with Crippen LogP contribution in [0.3, 0.4) is 0 Å². The van der Waals surface area contributed by atoms with Crippen LogP contribution in [0.4, 0.5) is 18.9 Å². The van der Waals surface area contributed by atoms with Crippen LogP contribution in [0.25, 0.3) is 11.6 Å². The van der Waals surface area contributed by atoms with Gasteiger partial charge in [0, 0.05) is 61.4 Å². The molecule has 1 aromatic carbocycles.